The highest BCUT2D eigenvalue weighted by molar-refractivity contribution is 5.94. The van der Waals surface area contributed by atoms with Crippen molar-refractivity contribution in [3.63, 3.8) is 0 Å². The van der Waals surface area contributed by atoms with E-state index in [2.05, 4.69) is 27.7 Å². The van der Waals surface area contributed by atoms with Crippen molar-refractivity contribution >= 4 is 11.6 Å². The van der Waals surface area contributed by atoms with Crippen molar-refractivity contribution in [2.45, 2.75) is 69.9 Å². The highest BCUT2D eigenvalue weighted by Gasteiger charge is 2.38. The maximum Gasteiger partial charge on any atom is 0.241 e. The standard InChI is InChI=1S/C23H35N3O2/c1-18(22(27)25-21-9-8-19-6-5-7-20(19)16-21)24-17-23(10-3-2-4-11-23)26-12-14-28-15-13-26/h8-9,16,18,24H,2-7,10-15,17H2,1H3,(H,25,27)/t18-/m0/s1. The second kappa shape index (κ2) is 8.93. The molecule has 5 nitrogen and oxygen atoms in total. The van der Waals surface area contributed by atoms with Gasteiger partial charge < -0.3 is 15.4 Å². The van der Waals surface area contributed by atoms with E-state index in [0.29, 0.717) is 0 Å². The number of carbonyl (C=O) groups is 1. The summed E-state index contributed by atoms with van der Waals surface area (Å²) in [6, 6.07) is 6.17. The van der Waals surface area contributed by atoms with E-state index in [0.717, 1.165) is 45.0 Å². The summed E-state index contributed by atoms with van der Waals surface area (Å²) >= 11 is 0. The van der Waals surface area contributed by atoms with E-state index in [1.807, 2.05) is 13.0 Å². The third-order valence-corrected chi connectivity index (χ3v) is 6.96. The van der Waals surface area contributed by atoms with Gasteiger partial charge in [-0.1, -0.05) is 25.3 Å². The monoisotopic (exact) mass is 385 g/mol. The molecule has 2 aliphatic carbocycles. The van der Waals surface area contributed by atoms with Crippen molar-refractivity contribution in [1.29, 1.82) is 0 Å². The van der Waals surface area contributed by atoms with Gasteiger partial charge in [0, 0.05) is 30.9 Å². The molecule has 4 rings (SSSR count). The zero-order valence-corrected chi connectivity index (χ0v) is 17.3. The van der Waals surface area contributed by atoms with Gasteiger partial charge in [0.15, 0.2) is 0 Å². The van der Waals surface area contributed by atoms with Gasteiger partial charge in [-0.25, -0.2) is 0 Å². The molecule has 3 aliphatic rings. The minimum absolute atomic E-state index is 0.0610. The fraction of sp³-hybridized carbons (Fsp3) is 0.696. The van der Waals surface area contributed by atoms with Crippen LogP contribution in [0.3, 0.4) is 0 Å². The molecule has 0 unspecified atom stereocenters. The quantitative estimate of drug-likeness (QED) is 0.790. The Hall–Kier alpha value is -1.43. The third kappa shape index (κ3) is 4.42. The third-order valence-electron chi connectivity index (χ3n) is 6.96. The first-order valence-electron chi connectivity index (χ1n) is 11.2. The number of carbonyl (C=O) groups excluding carboxylic acids is 1. The van der Waals surface area contributed by atoms with Crippen LogP contribution in [0.1, 0.15) is 56.6 Å². The molecule has 0 spiro atoms. The van der Waals surface area contributed by atoms with Crippen LogP contribution in [-0.4, -0.2) is 55.2 Å². The zero-order valence-electron chi connectivity index (χ0n) is 17.3. The number of nitrogens with zero attached hydrogens (tertiary/aromatic N) is 1. The number of aryl methyl sites for hydroxylation is 2. The number of ether oxygens (including phenoxy) is 1. The summed E-state index contributed by atoms with van der Waals surface area (Å²) in [5.74, 6) is 0.0610. The first-order valence-corrected chi connectivity index (χ1v) is 11.2. The van der Waals surface area contributed by atoms with Crippen molar-refractivity contribution in [3.05, 3.63) is 29.3 Å². The van der Waals surface area contributed by atoms with Gasteiger partial charge in [-0.3, -0.25) is 9.69 Å². The van der Waals surface area contributed by atoms with Gasteiger partial charge in [-0.15, -0.1) is 0 Å². The topological polar surface area (TPSA) is 53.6 Å². The summed E-state index contributed by atoms with van der Waals surface area (Å²) in [6.07, 6.45) is 9.89. The predicted octanol–water partition coefficient (Wildman–Crippen LogP) is 3.13. The lowest BCUT2D eigenvalue weighted by Crippen LogP contribution is -2.60. The number of amides is 1. The van der Waals surface area contributed by atoms with Crippen LogP contribution in [0.4, 0.5) is 5.69 Å². The molecule has 28 heavy (non-hydrogen) atoms. The molecule has 1 saturated carbocycles. The normalized spacial score (nSPS) is 23.2. The molecule has 1 aromatic rings. The smallest absolute Gasteiger partial charge is 0.241 e. The summed E-state index contributed by atoms with van der Waals surface area (Å²) < 4.78 is 5.57. The van der Waals surface area contributed by atoms with Crippen LogP contribution in [-0.2, 0) is 22.4 Å². The maximum atomic E-state index is 12.8. The Morgan fingerprint density at radius 3 is 2.64 bits per heavy atom. The molecular weight excluding hydrogens is 350 g/mol. The molecule has 0 bridgehead atoms. The Morgan fingerprint density at radius 2 is 1.86 bits per heavy atom. The lowest BCUT2D eigenvalue weighted by Gasteiger charge is -2.48. The number of rotatable bonds is 6. The second-order valence-corrected chi connectivity index (χ2v) is 8.81. The van der Waals surface area contributed by atoms with Gasteiger partial charge in [0.05, 0.1) is 19.3 Å². The maximum absolute atomic E-state index is 12.8. The fourth-order valence-electron chi connectivity index (χ4n) is 5.19. The van der Waals surface area contributed by atoms with E-state index in [1.54, 1.807) is 0 Å². The minimum atomic E-state index is -0.201. The first kappa shape index (κ1) is 19.9. The number of morpholine rings is 1. The van der Waals surface area contributed by atoms with E-state index in [4.69, 9.17) is 4.74 Å². The summed E-state index contributed by atoms with van der Waals surface area (Å²) in [5, 5.41) is 6.68. The molecule has 0 radical (unpaired) electrons. The first-order chi connectivity index (χ1) is 13.7. The Kier molecular flexibility index (Phi) is 6.34. The van der Waals surface area contributed by atoms with Crippen molar-refractivity contribution < 1.29 is 9.53 Å². The number of anilines is 1. The highest BCUT2D eigenvalue weighted by Crippen LogP contribution is 2.34. The van der Waals surface area contributed by atoms with Gasteiger partial charge in [0.2, 0.25) is 5.91 Å². The summed E-state index contributed by atoms with van der Waals surface area (Å²) in [4.78, 5) is 15.4. The molecule has 1 aromatic carbocycles. The molecule has 154 valence electrons. The van der Waals surface area contributed by atoms with Crippen LogP contribution in [0, 0.1) is 0 Å². The molecule has 1 aliphatic heterocycles. The molecule has 1 amide bonds. The van der Waals surface area contributed by atoms with Gasteiger partial charge in [-0.05, 0) is 62.3 Å². The van der Waals surface area contributed by atoms with Crippen molar-refractivity contribution in [3.8, 4) is 0 Å². The molecule has 1 heterocycles. The average Bonchev–Trinajstić information content (AvgIpc) is 3.21. The van der Waals surface area contributed by atoms with Gasteiger partial charge in [0.1, 0.15) is 0 Å². The summed E-state index contributed by atoms with van der Waals surface area (Å²) in [5.41, 5.74) is 3.95. The van der Waals surface area contributed by atoms with Crippen LogP contribution in [0.2, 0.25) is 0 Å². The Balaban J connectivity index is 1.35. The molecule has 1 saturated heterocycles. The lowest BCUT2D eigenvalue weighted by molar-refractivity contribution is -0.118. The number of fused-ring (bicyclic) bond motifs is 1. The number of hydrogen-bond acceptors (Lipinski definition) is 4. The van der Waals surface area contributed by atoms with E-state index in [9.17, 15) is 4.79 Å². The number of benzene rings is 1. The lowest BCUT2D eigenvalue weighted by atomic mass is 9.79. The highest BCUT2D eigenvalue weighted by atomic mass is 16.5. The van der Waals surface area contributed by atoms with Crippen molar-refractivity contribution in [2.24, 2.45) is 0 Å². The summed E-state index contributed by atoms with van der Waals surface area (Å²) in [7, 11) is 0. The van der Waals surface area contributed by atoms with Crippen molar-refractivity contribution in [2.75, 3.05) is 38.2 Å². The fourth-order valence-corrected chi connectivity index (χ4v) is 5.19. The van der Waals surface area contributed by atoms with Crippen LogP contribution in [0.25, 0.3) is 0 Å². The molecule has 1 atom stereocenters. The van der Waals surface area contributed by atoms with Gasteiger partial charge in [0.25, 0.3) is 0 Å². The van der Waals surface area contributed by atoms with Crippen LogP contribution >= 0.6 is 0 Å². The Morgan fingerprint density at radius 1 is 1.11 bits per heavy atom. The predicted molar refractivity (Wildman–Crippen MR) is 113 cm³/mol. The zero-order chi connectivity index (χ0) is 19.4. The van der Waals surface area contributed by atoms with Crippen LogP contribution in [0.15, 0.2) is 18.2 Å². The molecular formula is C23H35N3O2. The minimum Gasteiger partial charge on any atom is -0.379 e. The number of nitrogens with one attached hydrogen (secondary N) is 2. The molecule has 2 N–H and O–H groups in total. The van der Waals surface area contributed by atoms with Crippen LogP contribution in [0.5, 0.6) is 0 Å². The van der Waals surface area contributed by atoms with E-state index in [1.165, 1.54) is 56.1 Å². The van der Waals surface area contributed by atoms with Gasteiger partial charge in [-0.2, -0.15) is 0 Å². The second-order valence-electron chi connectivity index (χ2n) is 8.81. The largest absolute Gasteiger partial charge is 0.379 e. The van der Waals surface area contributed by atoms with Crippen molar-refractivity contribution in [1.82, 2.24) is 10.2 Å². The average molecular weight is 386 g/mol. The Bertz CT molecular complexity index is 678. The SMILES string of the molecule is C[C@H](NCC1(N2CCOCC2)CCCCC1)C(=O)Nc1ccc2c(c1)CCC2. The van der Waals surface area contributed by atoms with E-state index < -0.39 is 0 Å². The van der Waals surface area contributed by atoms with Gasteiger partial charge >= 0.3 is 0 Å². The molecule has 2 fully saturated rings. The Labute approximate surface area is 169 Å². The summed E-state index contributed by atoms with van der Waals surface area (Å²) in [6.45, 7) is 6.55. The molecule has 0 aromatic heterocycles. The molecule has 5 heteroatoms. The van der Waals surface area contributed by atoms with E-state index in [-0.39, 0.29) is 17.5 Å². The number of hydrogen-bond donors (Lipinski definition) is 2. The van der Waals surface area contributed by atoms with E-state index >= 15 is 0 Å². The van der Waals surface area contributed by atoms with Crippen LogP contribution < -0.4 is 10.6 Å².